The van der Waals surface area contributed by atoms with Gasteiger partial charge in [-0.1, -0.05) is 6.07 Å². The van der Waals surface area contributed by atoms with Crippen LogP contribution in [-0.4, -0.2) is 23.9 Å². The highest BCUT2D eigenvalue weighted by Crippen LogP contribution is 2.19. The molecular weight excluding hydrogens is 238 g/mol. The zero-order valence-corrected chi connectivity index (χ0v) is 10.0. The number of hydrogen-bond acceptors (Lipinski definition) is 2. The van der Waals surface area contributed by atoms with Gasteiger partial charge in [0, 0.05) is 13.1 Å². The van der Waals surface area contributed by atoms with Crippen molar-refractivity contribution in [2.45, 2.75) is 19.4 Å². The Morgan fingerprint density at radius 3 is 2.83 bits per heavy atom. The summed E-state index contributed by atoms with van der Waals surface area (Å²) >= 11 is 0. The number of carbonyl (C=O) groups is 1. The molecule has 0 radical (unpaired) electrons. The molecule has 1 atom stereocenters. The van der Waals surface area contributed by atoms with Crippen molar-refractivity contribution >= 4 is 5.91 Å². The molecule has 3 nitrogen and oxygen atoms in total. The highest BCUT2D eigenvalue weighted by Gasteiger charge is 2.23. The van der Waals surface area contributed by atoms with Crippen molar-refractivity contribution in [3.05, 3.63) is 35.4 Å². The molecule has 1 aliphatic heterocycles. The van der Waals surface area contributed by atoms with Crippen molar-refractivity contribution < 1.29 is 13.6 Å². The van der Waals surface area contributed by atoms with Gasteiger partial charge in [0.25, 0.3) is 0 Å². The number of halogens is 2. The maximum absolute atomic E-state index is 13.1. The van der Waals surface area contributed by atoms with Crippen molar-refractivity contribution in [3.63, 3.8) is 0 Å². The van der Waals surface area contributed by atoms with Gasteiger partial charge in [0.1, 0.15) is 0 Å². The average molecular weight is 254 g/mol. The summed E-state index contributed by atoms with van der Waals surface area (Å²) in [4.78, 5) is 13.2. The van der Waals surface area contributed by atoms with Crippen molar-refractivity contribution in [1.29, 1.82) is 0 Å². The third kappa shape index (κ3) is 3.04. The van der Waals surface area contributed by atoms with Crippen LogP contribution in [0.1, 0.15) is 18.4 Å². The smallest absolute Gasteiger partial charge is 0.221 e. The number of nitrogens with zero attached hydrogens (tertiary/aromatic N) is 1. The summed E-state index contributed by atoms with van der Waals surface area (Å²) in [5, 5.41) is 0. The second-order valence-corrected chi connectivity index (χ2v) is 4.73. The van der Waals surface area contributed by atoms with Crippen LogP contribution in [0.15, 0.2) is 18.2 Å². The zero-order chi connectivity index (χ0) is 13.1. The lowest BCUT2D eigenvalue weighted by Crippen LogP contribution is -2.40. The molecule has 1 saturated heterocycles. The summed E-state index contributed by atoms with van der Waals surface area (Å²) < 4.78 is 25.9. The number of primary amides is 1. The van der Waals surface area contributed by atoms with E-state index in [9.17, 15) is 13.6 Å². The van der Waals surface area contributed by atoms with Crippen molar-refractivity contribution in [1.82, 2.24) is 4.90 Å². The largest absolute Gasteiger partial charge is 0.369 e. The number of amides is 1. The molecule has 0 saturated carbocycles. The Balaban J connectivity index is 2.00. The Hall–Kier alpha value is -1.49. The molecule has 5 heteroatoms. The predicted molar refractivity (Wildman–Crippen MR) is 63.6 cm³/mol. The molecule has 2 N–H and O–H groups in total. The molecule has 1 amide bonds. The Bertz CT molecular complexity index is 451. The van der Waals surface area contributed by atoms with Gasteiger partial charge in [0.15, 0.2) is 11.6 Å². The van der Waals surface area contributed by atoms with E-state index in [1.807, 2.05) is 4.90 Å². The van der Waals surface area contributed by atoms with E-state index in [1.165, 1.54) is 6.07 Å². The molecule has 1 aromatic rings. The summed E-state index contributed by atoms with van der Waals surface area (Å²) in [5.41, 5.74) is 6.00. The van der Waals surface area contributed by atoms with E-state index >= 15 is 0 Å². The van der Waals surface area contributed by atoms with Crippen molar-refractivity contribution in [2.75, 3.05) is 13.1 Å². The van der Waals surface area contributed by atoms with Crippen LogP contribution in [0.4, 0.5) is 8.78 Å². The predicted octanol–water partition coefficient (Wildman–Crippen LogP) is 1.66. The van der Waals surface area contributed by atoms with Gasteiger partial charge in [-0.2, -0.15) is 0 Å². The molecule has 0 aromatic heterocycles. The molecule has 1 unspecified atom stereocenters. The Morgan fingerprint density at radius 2 is 2.17 bits per heavy atom. The first-order valence-electron chi connectivity index (χ1n) is 6.02. The van der Waals surface area contributed by atoms with Gasteiger partial charge < -0.3 is 5.73 Å². The SMILES string of the molecule is NC(=O)C1CCCN(Cc2ccc(F)c(F)c2)C1. The number of rotatable bonds is 3. The van der Waals surface area contributed by atoms with Crippen LogP contribution < -0.4 is 5.73 Å². The first-order chi connectivity index (χ1) is 8.56. The molecule has 0 aliphatic carbocycles. The summed E-state index contributed by atoms with van der Waals surface area (Å²) in [5.74, 6) is -2.10. The van der Waals surface area contributed by atoms with Crippen LogP contribution in [0.25, 0.3) is 0 Å². The molecule has 98 valence electrons. The summed E-state index contributed by atoms with van der Waals surface area (Å²) in [7, 11) is 0. The van der Waals surface area contributed by atoms with Crippen molar-refractivity contribution in [2.24, 2.45) is 11.7 Å². The zero-order valence-electron chi connectivity index (χ0n) is 10.0. The Morgan fingerprint density at radius 1 is 1.39 bits per heavy atom. The van der Waals surface area contributed by atoms with Crippen molar-refractivity contribution in [3.8, 4) is 0 Å². The number of piperidine rings is 1. The van der Waals surface area contributed by atoms with E-state index in [2.05, 4.69) is 0 Å². The fourth-order valence-corrected chi connectivity index (χ4v) is 2.33. The van der Waals surface area contributed by atoms with Gasteiger partial charge in [-0.05, 0) is 37.1 Å². The van der Waals surface area contributed by atoms with E-state index in [-0.39, 0.29) is 11.8 Å². The minimum Gasteiger partial charge on any atom is -0.369 e. The monoisotopic (exact) mass is 254 g/mol. The van der Waals surface area contributed by atoms with Gasteiger partial charge in [-0.15, -0.1) is 0 Å². The number of benzene rings is 1. The third-order valence-electron chi connectivity index (χ3n) is 3.30. The molecule has 1 heterocycles. The fourth-order valence-electron chi connectivity index (χ4n) is 2.33. The maximum Gasteiger partial charge on any atom is 0.221 e. The Kier molecular flexibility index (Phi) is 3.91. The minimum absolute atomic E-state index is 0.135. The first kappa shape index (κ1) is 13.0. The van der Waals surface area contributed by atoms with Crippen LogP contribution >= 0.6 is 0 Å². The van der Waals surface area contributed by atoms with Crippen LogP contribution in [-0.2, 0) is 11.3 Å². The quantitative estimate of drug-likeness (QED) is 0.891. The first-order valence-corrected chi connectivity index (χ1v) is 6.02. The standard InChI is InChI=1S/C13H16F2N2O/c14-11-4-3-9(6-12(11)15)7-17-5-1-2-10(8-17)13(16)18/h3-4,6,10H,1-2,5,7-8H2,(H2,16,18). The normalized spacial score (nSPS) is 20.9. The van der Waals surface area contributed by atoms with E-state index in [1.54, 1.807) is 6.07 Å². The second-order valence-electron chi connectivity index (χ2n) is 4.73. The second kappa shape index (κ2) is 5.44. The summed E-state index contributed by atoms with van der Waals surface area (Å²) in [6.45, 7) is 1.96. The van der Waals surface area contributed by atoms with Crippen LogP contribution in [0.3, 0.4) is 0 Å². The van der Waals surface area contributed by atoms with Gasteiger partial charge >= 0.3 is 0 Å². The summed E-state index contributed by atoms with van der Waals surface area (Å²) in [6.07, 6.45) is 1.71. The van der Waals surface area contributed by atoms with Gasteiger partial charge in [-0.3, -0.25) is 9.69 Å². The van der Waals surface area contributed by atoms with Gasteiger partial charge in [0.05, 0.1) is 5.92 Å². The molecule has 1 fully saturated rings. The van der Waals surface area contributed by atoms with Gasteiger partial charge in [0.2, 0.25) is 5.91 Å². The minimum atomic E-state index is -0.840. The van der Waals surface area contributed by atoms with E-state index in [0.717, 1.165) is 25.5 Å². The molecule has 0 bridgehead atoms. The molecule has 1 aliphatic rings. The molecular formula is C13H16F2N2O. The Labute approximate surface area is 105 Å². The van der Waals surface area contributed by atoms with Crippen LogP contribution in [0.5, 0.6) is 0 Å². The van der Waals surface area contributed by atoms with E-state index < -0.39 is 11.6 Å². The molecule has 18 heavy (non-hydrogen) atoms. The van der Waals surface area contributed by atoms with Crippen LogP contribution in [0, 0.1) is 17.6 Å². The number of hydrogen-bond donors (Lipinski definition) is 1. The number of nitrogens with two attached hydrogens (primary N) is 1. The van der Waals surface area contributed by atoms with Gasteiger partial charge in [-0.25, -0.2) is 8.78 Å². The number of carbonyl (C=O) groups excluding carboxylic acids is 1. The highest BCUT2D eigenvalue weighted by molar-refractivity contribution is 5.76. The lowest BCUT2D eigenvalue weighted by molar-refractivity contribution is -0.123. The molecule has 2 rings (SSSR count). The lowest BCUT2D eigenvalue weighted by Gasteiger charge is -2.31. The van der Waals surface area contributed by atoms with E-state index in [4.69, 9.17) is 5.73 Å². The third-order valence-corrected chi connectivity index (χ3v) is 3.30. The van der Waals surface area contributed by atoms with E-state index in [0.29, 0.717) is 18.7 Å². The summed E-state index contributed by atoms with van der Waals surface area (Å²) in [6, 6.07) is 3.88. The van der Waals surface area contributed by atoms with Crippen LogP contribution in [0.2, 0.25) is 0 Å². The maximum atomic E-state index is 13.1. The average Bonchev–Trinajstić information content (AvgIpc) is 2.34. The molecule has 0 spiro atoms. The number of likely N-dealkylation sites (tertiary alicyclic amines) is 1. The topological polar surface area (TPSA) is 46.3 Å². The fraction of sp³-hybridized carbons (Fsp3) is 0.462. The lowest BCUT2D eigenvalue weighted by atomic mass is 9.97. The highest BCUT2D eigenvalue weighted by atomic mass is 19.2. The molecule has 1 aromatic carbocycles.